The molecule has 2 saturated heterocycles. The van der Waals surface area contributed by atoms with Gasteiger partial charge in [-0.2, -0.15) is 25.1 Å². The van der Waals surface area contributed by atoms with Crippen molar-refractivity contribution in [3.63, 3.8) is 0 Å². The fraction of sp³-hybridized carbons (Fsp3) is 0.925. The molecular formula is C40H71N7O2. The summed E-state index contributed by atoms with van der Waals surface area (Å²) in [5.74, 6) is 2.54. The highest BCUT2D eigenvalue weighted by Gasteiger charge is 2.66. The highest BCUT2D eigenvalue weighted by Crippen LogP contribution is 2.56. The maximum atomic E-state index is 7.45. The zero-order valence-corrected chi connectivity index (χ0v) is 32.9. The summed E-state index contributed by atoms with van der Waals surface area (Å²) in [4.78, 5) is 35.7. The van der Waals surface area contributed by atoms with Crippen LogP contribution in [-0.2, 0) is 9.68 Å². The molecule has 2 saturated carbocycles. The first kappa shape index (κ1) is 37.2. The van der Waals surface area contributed by atoms with E-state index in [1.807, 2.05) is 0 Å². The molecule has 6 bridgehead atoms. The average Bonchev–Trinajstić information content (AvgIpc) is 3.05. The normalized spacial score (nSPS) is 33.0. The van der Waals surface area contributed by atoms with E-state index in [0.717, 1.165) is 108 Å². The number of fused-ring (bicyclic) bond motifs is 7. The third-order valence-electron chi connectivity index (χ3n) is 13.1. The van der Waals surface area contributed by atoms with Crippen molar-refractivity contribution < 1.29 is 9.68 Å². The van der Waals surface area contributed by atoms with Gasteiger partial charge in [0.1, 0.15) is 5.82 Å². The predicted octanol–water partition coefficient (Wildman–Crippen LogP) is 8.94. The van der Waals surface area contributed by atoms with Crippen molar-refractivity contribution in [3.05, 3.63) is 5.82 Å². The molecule has 4 heterocycles. The van der Waals surface area contributed by atoms with E-state index in [1.165, 1.54) is 38.5 Å². The van der Waals surface area contributed by atoms with Crippen molar-refractivity contribution in [3.8, 4) is 0 Å². The lowest BCUT2D eigenvalue weighted by atomic mass is 9.62. The zero-order chi connectivity index (χ0) is 35.0. The lowest BCUT2D eigenvalue weighted by molar-refractivity contribution is -0.388. The topological polar surface area (TPSA) is 70.1 Å². The van der Waals surface area contributed by atoms with Gasteiger partial charge in [0, 0.05) is 36.3 Å². The molecule has 0 aromatic carbocycles. The number of hydrogen-bond donors (Lipinski definition) is 0. The molecule has 2 aliphatic carbocycles. The van der Waals surface area contributed by atoms with Gasteiger partial charge in [0.25, 0.3) is 0 Å². The first-order valence-corrected chi connectivity index (χ1v) is 20.5. The number of anilines is 2. The molecule has 4 fully saturated rings. The molecule has 0 amide bonds. The maximum Gasteiger partial charge on any atom is 0.230 e. The Bertz CT molecular complexity index is 1160. The number of rotatable bonds is 10. The number of nitrogens with zero attached hydrogens (tertiary/aromatic N) is 7. The van der Waals surface area contributed by atoms with Gasteiger partial charge in [-0.3, -0.25) is 9.68 Å². The van der Waals surface area contributed by atoms with Crippen LogP contribution in [0.1, 0.15) is 177 Å². The van der Waals surface area contributed by atoms with Gasteiger partial charge in [-0.25, -0.2) is 0 Å². The number of aromatic nitrogens is 3. The molecule has 0 radical (unpaired) electrons. The van der Waals surface area contributed by atoms with Gasteiger partial charge in [0.05, 0.1) is 23.3 Å². The molecule has 4 atom stereocenters. The van der Waals surface area contributed by atoms with E-state index in [4.69, 9.17) is 24.6 Å². The van der Waals surface area contributed by atoms with Crippen LogP contribution < -0.4 is 9.80 Å². The van der Waals surface area contributed by atoms with E-state index in [-0.39, 0.29) is 46.4 Å². The molecule has 49 heavy (non-hydrogen) atoms. The van der Waals surface area contributed by atoms with Crippen molar-refractivity contribution in [2.45, 2.75) is 224 Å². The summed E-state index contributed by atoms with van der Waals surface area (Å²) in [6, 6.07) is 0.512. The molecule has 9 nitrogen and oxygen atoms in total. The van der Waals surface area contributed by atoms with Crippen LogP contribution in [0.2, 0.25) is 0 Å². The maximum absolute atomic E-state index is 7.45. The minimum atomic E-state index is -0.359. The summed E-state index contributed by atoms with van der Waals surface area (Å²) in [6.45, 7) is 23.4. The van der Waals surface area contributed by atoms with Crippen molar-refractivity contribution >= 4 is 11.9 Å². The standard InChI is InChI=1S/C40H71N7O2/c1-10-12-24-44-31-26-37(4,5)46(48-33-20-16-14-17-21-33)39(8,28-31)40(9)29-32(27-38(6,7)47(40)49-34-22-18-15-19-23-34)45(25-13-11-2)36-42-30(3)41-35(44)43-36/h31-34H,10-29H2,1-9H3. The van der Waals surface area contributed by atoms with Crippen molar-refractivity contribution in [2.24, 2.45) is 0 Å². The number of hydrogen-bond acceptors (Lipinski definition) is 9. The second kappa shape index (κ2) is 14.8. The third-order valence-corrected chi connectivity index (χ3v) is 13.1. The molecular weight excluding hydrogens is 610 g/mol. The molecule has 0 spiro atoms. The summed E-state index contributed by atoms with van der Waals surface area (Å²) >= 11 is 0. The van der Waals surface area contributed by atoms with Crippen LogP contribution in [0.25, 0.3) is 0 Å². The van der Waals surface area contributed by atoms with Crippen molar-refractivity contribution in [2.75, 3.05) is 22.9 Å². The number of piperidine rings is 2. The molecule has 1 aromatic heterocycles. The van der Waals surface area contributed by atoms with Crippen LogP contribution in [0.15, 0.2) is 0 Å². The van der Waals surface area contributed by atoms with E-state index >= 15 is 0 Å². The fourth-order valence-corrected chi connectivity index (χ4v) is 10.6. The van der Waals surface area contributed by atoms with E-state index in [0.29, 0.717) is 0 Å². The molecule has 9 heteroatoms. The second-order valence-electron chi connectivity index (χ2n) is 18.2. The summed E-state index contributed by atoms with van der Waals surface area (Å²) in [5, 5.41) is 5.10. The van der Waals surface area contributed by atoms with Gasteiger partial charge in [-0.1, -0.05) is 65.2 Å². The van der Waals surface area contributed by atoms with Gasteiger partial charge >= 0.3 is 0 Å². The second-order valence-corrected chi connectivity index (χ2v) is 18.2. The molecule has 6 rings (SSSR count). The summed E-state index contributed by atoms with van der Waals surface area (Å²) < 4.78 is 0. The van der Waals surface area contributed by atoms with E-state index in [1.54, 1.807) is 0 Å². The average molecular weight is 682 g/mol. The van der Waals surface area contributed by atoms with Crippen molar-refractivity contribution in [1.29, 1.82) is 0 Å². The third kappa shape index (κ3) is 7.39. The zero-order valence-electron chi connectivity index (χ0n) is 32.9. The molecule has 0 N–H and O–H groups in total. The van der Waals surface area contributed by atoms with E-state index in [2.05, 4.69) is 82.2 Å². The molecule has 1 aromatic rings. The Kier molecular flexibility index (Phi) is 11.3. The number of aryl methyl sites for hydroxylation is 1. The Balaban J connectivity index is 1.56. The quantitative estimate of drug-likeness (QED) is 0.241. The Hall–Kier alpha value is -1.55. The summed E-state index contributed by atoms with van der Waals surface area (Å²) in [6.07, 6.45) is 21.2. The van der Waals surface area contributed by atoms with E-state index in [9.17, 15) is 0 Å². The monoisotopic (exact) mass is 682 g/mol. The number of unbranched alkanes of at least 4 members (excludes halogenated alkanes) is 2. The smallest absolute Gasteiger partial charge is 0.230 e. The minimum Gasteiger partial charge on any atom is -0.338 e. The lowest BCUT2D eigenvalue weighted by Crippen LogP contribution is -2.80. The first-order valence-electron chi connectivity index (χ1n) is 20.5. The highest BCUT2D eigenvalue weighted by molar-refractivity contribution is 5.43. The van der Waals surface area contributed by atoms with Gasteiger partial charge in [-0.15, -0.1) is 0 Å². The molecule has 4 unspecified atom stereocenters. The lowest BCUT2D eigenvalue weighted by Gasteiger charge is -2.68. The Morgan fingerprint density at radius 1 is 0.571 bits per heavy atom. The Labute approximate surface area is 299 Å². The van der Waals surface area contributed by atoms with Crippen LogP contribution in [0.3, 0.4) is 0 Å². The van der Waals surface area contributed by atoms with Crippen LogP contribution in [0.4, 0.5) is 11.9 Å². The van der Waals surface area contributed by atoms with Gasteiger partial charge in [0.2, 0.25) is 11.9 Å². The first-order chi connectivity index (χ1) is 23.3. The van der Waals surface area contributed by atoms with Crippen molar-refractivity contribution in [1.82, 2.24) is 25.1 Å². The van der Waals surface area contributed by atoms with Crippen LogP contribution in [-0.4, -0.2) is 84.6 Å². The number of hydroxylamine groups is 4. The van der Waals surface area contributed by atoms with Crippen LogP contribution in [0.5, 0.6) is 0 Å². The SMILES string of the molecule is CCCCN1c2nc(C)nc(n2)N(CCCC)C2CC(C)(C)N(OC3CCCCC3)C(C)(C2)C2(C)CC1CC(C)(C)N2OC1CCCCC1. The summed E-state index contributed by atoms with van der Waals surface area (Å²) in [7, 11) is 0. The molecule has 3 aliphatic heterocycles. The minimum absolute atomic E-state index is 0.211. The van der Waals surface area contributed by atoms with Gasteiger partial charge < -0.3 is 9.80 Å². The molecule has 278 valence electrons. The summed E-state index contributed by atoms with van der Waals surface area (Å²) in [5.41, 5.74) is -1.14. The Morgan fingerprint density at radius 2 is 0.959 bits per heavy atom. The van der Waals surface area contributed by atoms with Gasteiger partial charge in [0.15, 0.2) is 0 Å². The van der Waals surface area contributed by atoms with Crippen LogP contribution >= 0.6 is 0 Å². The largest absolute Gasteiger partial charge is 0.338 e. The fourth-order valence-electron chi connectivity index (χ4n) is 10.6. The molecule has 5 aliphatic rings. The highest BCUT2D eigenvalue weighted by atomic mass is 16.7. The van der Waals surface area contributed by atoms with Crippen LogP contribution in [0, 0.1) is 6.92 Å². The van der Waals surface area contributed by atoms with Gasteiger partial charge in [-0.05, 0) is 113 Å². The predicted molar refractivity (Wildman–Crippen MR) is 200 cm³/mol. The Morgan fingerprint density at radius 3 is 1.33 bits per heavy atom. The van der Waals surface area contributed by atoms with E-state index < -0.39 is 0 Å².